The molecule has 0 spiro atoms. The molecule has 12 nitrogen and oxygen atoms in total. The minimum atomic E-state index is -1.04. The molecule has 1 aromatic rings. The lowest BCUT2D eigenvalue weighted by atomic mass is 9.68. The van der Waals surface area contributed by atoms with Crippen LogP contribution in [0.2, 0.25) is 0 Å². The third kappa shape index (κ3) is 4.61. The van der Waals surface area contributed by atoms with E-state index in [-0.39, 0.29) is 81.6 Å². The van der Waals surface area contributed by atoms with Gasteiger partial charge in [0, 0.05) is 51.9 Å². The maximum atomic E-state index is 14.3. The van der Waals surface area contributed by atoms with Crippen LogP contribution in [-0.2, 0) is 28.7 Å². The molecule has 5 rings (SSSR count). The van der Waals surface area contributed by atoms with E-state index in [4.69, 9.17) is 14.2 Å². The Balaban J connectivity index is 1.80. The van der Waals surface area contributed by atoms with Gasteiger partial charge in [0.05, 0.1) is 37.9 Å². The predicted octanol–water partition coefficient (Wildman–Crippen LogP) is 2.64. The molecule has 12 heteroatoms. The number of hydrogen-bond donors (Lipinski definition) is 2. The average Bonchev–Trinajstić information content (AvgIpc) is 2.99. The summed E-state index contributed by atoms with van der Waals surface area (Å²) in [6.45, 7) is 7.33. The SMILES string of the molecule is CC=C(C)C(=O)OC[C@H]1C2=C(C[C@H]3[C@H]4c5c(O)c(OC)c(C)c(O)c5C(=O)[C@@H]([C@H](CC(C)=O)N13)N4C)C(=O)C(C)=C(OC)C2=O. The van der Waals surface area contributed by atoms with Crippen molar-refractivity contribution in [1.29, 1.82) is 0 Å². The van der Waals surface area contributed by atoms with Crippen molar-refractivity contribution < 1.29 is 48.4 Å². The smallest absolute Gasteiger partial charge is 0.333 e. The van der Waals surface area contributed by atoms with Gasteiger partial charge in [-0.1, -0.05) is 6.08 Å². The number of Topliss-reactive ketones (excluding diaryl/α,β-unsaturated/α-hetero) is 4. The third-order valence-corrected chi connectivity index (χ3v) is 9.73. The van der Waals surface area contributed by atoms with Gasteiger partial charge in [-0.3, -0.25) is 29.0 Å². The van der Waals surface area contributed by atoms with Gasteiger partial charge >= 0.3 is 5.97 Å². The van der Waals surface area contributed by atoms with Crippen LogP contribution >= 0.6 is 0 Å². The lowest BCUT2D eigenvalue weighted by Crippen LogP contribution is -2.72. The number of benzene rings is 1. The zero-order valence-corrected chi connectivity index (χ0v) is 26.6. The first-order chi connectivity index (χ1) is 21.2. The molecular formula is C33H38N2O10. The van der Waals surface area contributed by atoms with Gasteiger partial charge in [0.25, 0.3) is 0 Å². The summed E-state index contributed by atoms with van der Waals surface area (Å²) in [6, 6.07) is -4.39. The number of phenolic OH excluding ortho intramolecular Hbond substituents is 2. The van der Waals surface area contributed by atoms with Crippen LogP contribution in [0.5, 0.6) is 17.2 Å². The molecule has 2 N–H and O–H groups in total. The first kappa shape index (κ1) is 32.1. The largest absolute Gasteiger partial charge is 0.507 e. The van der Waals surface area contributed by atoms with Crippen LogP contribution in [0.25, 0.3) is 0 Å². The van der Waals surface area contributed by atoms with Crippen LogP contribution in [0, 0.1) is 6.92 Å². The lowest BCUT2D eigenvalue weighted by Gasteiger charge is -2.60. The number of nitrogens with zero attached hydrogens (tertiary/aromatic N) is 2. The summed E-state index contributed by atoms with van der Waals surface area (Å²) in [7, 11) is 4.33. The Labute approximate surface area is 260 Å². The zero-order valence-electron chi connectivity index (χ0n) is 26.6. The van der Waals surface area contributed by atoms with E-state index in [1.54, 1.807) is 31.9 Å². The minimum absolute atomic E-state index is 0.00114. The molecule has 5 atom stereocenters. The van der Waals surface area contributed by atoms with Crippen molar-refractivity contribution in [2.45, 2.75) is 77.7 Å². The predicted molar refractivity (Wildman–Crippen MR) is 160 cm³/mol. The fourth-order valence-electron chi connectivity index (χ4n) is 7.61. The highest BCUT2D eigenvalue weighted by atomic mass is 16.5. The van der Waals surface area contributed by atoms with Gasteiger partial charge in [0.1, 0.15) is 18.1 Å². The molecular weight excluding hydrogens is 584 g/mol. The number of esters is 1. The van der Waals surface area contributed by atoms with Crippen LogP contribution < -0.4 is 4.74 Å². The first-order valence-electron chi connectivity index (χ1n) is 14.8. The van der Waals surface area contributed by atoms with E-state index in [2.05, 4.69) is 0 Å². The third-order valence-electron chi connectivity index (χ3n) is 9.73. The number of hydrogen-bond acceptors (Lipinski definition) is 12. The number of allylic oxidation sites excluding steroid dienone is 3. The quantitative estimate of drug-likeness (QED) is 0.198. The minimum Gasteiger partial charge on any atom is -0.507 e. The average molecular weight is 623 g/mol. The number of piperazine rings is 1. The molecule has 0 unspecified atom stereocenters. The van der Waals surface area contributed by atoms with Crippen LogP contribution in [0.4, 0.5) is 0 Å². The molecule has 1 saturated heterocycles. The highest BCUT2D eigenvalue weighted by Gasteiger charge is 2.60. The molecule has 0 aromatic heterocycles. The van der Waals surface area contributed by atoms with Gasteiger partial charge in [-0.15, -0.1) is 0 Å². The standard InChI is InChI=1S/C33H38N2O10/c1-9-13(2)33(42)45-12-20-21-17(26(37)15(4)31(43-7)29(21)40)11-19-24-22-23(27(38)16(5)32(44-8)30(22)41)28(39)25(34(24)6)18(35(19)20)10-14(3)36/h9,18-20,24-25,38,41H,10-12H2,1-8H3/t18-,19-,20-,24-,25+/m0/s1. The summed E-state index contributed by atoms with van der Waals surface area (Å²) in [5.74, 6) is -3.12. The van der Waals surface area contributed by atoms with Gasteiger partial charge < -0.3 is 24.4 Å². The Morgan fingerprint density at radius 1 is 1.00 bits per heavy atom. The van der Waals surface area contributed by atoms with Crippen LogP contribution in [-0.4, -0.2) is 101 Å². The first-order valence-corrected chi connectivity index (χ1v) is 14.8. The second-order valence-corrected chi connectivity index (χ2v) is 12.1. The Morgan fingerprint density at radius 2 is 1.67 bits per heavy atom. The number of phenols is 2. The fourth-order valence-corrected chi connectivity index (χ4v) is 7.61. The van der Waals surface area contributed by atoms with E-state index >= 15 is 0 Å². The van der Waals surface area contributed by atoms with Gasteiger partial charge in [-0.2, -0.15) is 0 Å². The fraction of sp³-hybridized carbons (Fsp3) is 0.485. The molecule has 3 aliphatic heterocycles. The van der Waals surface area contributed by atoms with Gasteiger partial charge in [-0.25, -0.2) is 4.79 Å². The molecule has 45 heavy (non-hydrogen) atoms. The molecule has 1 aromatic carbocycles. The number of ketones is 4. The highest BCUT2D eigenvalue weighted by Crippen LogP contribution is 2.56. The number of aromatic hydroxyl groups is 2. The Bertz CT molecular complexity index is 1650. The van der Waals surface area contributed by atoms with Crippen molar-refractivity contribution in [2.24, 2.45) is 0 Å². The normalized spacial score (nSPS) is 26.8. The number of methoxy groups -OCH3 is 2. The van der Waals surface area contributed by atoms with Gasteiger partial charge in [0.2, 0.25) is 5.78 Å². The summed E-state index contributed by atoms with van der Waals surface area (Å²) in [6.07, 6.45) is 1.48. The van der Waals surface area contributed by atoms with E-state index in [0.717, 1.165) is 0 Å². The second kappa shape index (κ2) is 11.6. The van der Waals surface area contributed by atoms with Crippen LogP contribution in [0.3, 0.4) is 0 Å². The Hall–Kier alpha value is -4.29. The summed E-state index contributed by atoms with van der Waals surface area (Å²) in [5, 5.41) is 22.8. The Kier molecular flexibility index (Phi) is 8.26. The number of rotatable bonds is 7. The van der Waals surface area contributed by atoms with Gasteiger partial charge in [-0.05, 0) is 48.1 Å². The molecule has 0 saturated carbocycles. The summed E-state index contributed by atoms with van der Waals surface area (Å²) >= 11 is 0. The molecule has 0 amide bonds. The number of likely N-dealkylation sites (N-methyl/N-ethyl adjacent to an activating group) is 1. The van der Waals surface area contributed by atoms with Crippen molar-refractivity contribution in [3.05, 3.63) is 50.8 Å². The van der Waals surface area contributed by atoms with E-state index in [0.29, 0.717) is 5.57 Å². The van der Waals surface area contributed by atoms with E-state index < -0.39 is 53.5 Å². The van der Waals surface area contributed by atoms with Crippen LogP contribution in [0.1, 0.15) is 68.1 Å². The van der Waals surface area contributed by atoms with Crippen molar-refractivity contribution in [2.75, 3.05) is 27.9 Å². The zero-order chi connectivity index (χ0) is 33.2. The molecule has 0 radical (unpaired) electrons. The molecule has 4 aliphatic rings. The molecule has 1 aliphatic carbocycles. The summed E-state index contributed by atoms with van der Waals surface area (Å²) < 4.78 is 16.5. The van der Waals surface area contributed by atoms with E-state index in [1.165, 1.54) is 35.0 Å². The van der Waals surface area contributed by atoms with E-state index in [1.807, 2.05) is 4.90 Å². The van der Waals surface area contributed by atoms with Crippen molar-refractivity contribution >= 4 is 29.1 Å². The van der Waals surface area contributed by atoms with Gasteiger partial charge in [0.15, 0.2) is 28.8 Å². The summed E-state index contributed by atoms with van der Waals surface area (Å²) in [5.41, 5.74) is 0.998. The van der Waals surface area contributed by atoms with E-state index in [9.17, 15) is 34.2 Å². The molecule has 1 fully saturated rings. The molecule has 3 heterocycles. The molecule has 240 valence electrons. The number of carbonyl (C=O) groups is 5. The number of fused-ring (bicyclic) bond motifs is 6. The second-order valence-electron chi connectivity index (χ2n) is 12.1. The topological polar surface area (TPSA) is 160 Å². The van der Waals surface area contributed by atoms with Crippen LogP contribution in [0.15, 0.2) is 34.1 Å². The van der Waals surface area contributed by atoms with Crippen molar-refractivity contribution in [1.82, 2.24) is 9.80 Å². The Morgan fingerprint density at radius 3 is 2.24 bits per heavy atom. The molecule has 2 bridgehead atoms. The maximum absolute atomic E-state index is 14.3. The maximum Gasteiger partial charge on any atom is 0.333 e. The highest BCUT2D eigenvalue weighted by molar-refractivity contribution is 6.25. The number of carbonyl (C=O) groups excluding carboxylic acids is 5. The summed E-state index contributed by atoms with van der Waals surface area (Å²) in [4.78, 5) is 71.4. The van der Waals surface area contributed by atoms with Crippen molar-refractivity contribution in [3.63, 3.8) is 0 Å². The monoisotopic (exact) mass is 622 g/mol. The lowest BCUT2D eigenvalue weighted by molar-refractivity contribution is -0.145. The van der Waals surface area contributed by atoms with Crippen molar-refractivity contribution in [3.8, 4) is 17.2 Å². The number of ether oxygens (including phenoxy) is 3.